The number of amides is 1. The van der Waals surface area contributed by atoms with Crippen molar-refractivity contribution in [3.8, 4) is 0 Å². The highest BCUT2D eigenvalue weighted by Crippen LogP contribution is 2.53. The number of ether oxygens (including phenoxy) is 2. The summed E-state index contributed by atoms with van der Waals surface area (Å²) in [7, 11) is 1.26. The lowest BCUT2D eigenvalue weighted by Crippen LogP contribution is -2.30. The molecule has 1 fully saturated rings. The lowest BCUT2D eigenvalue weighted by atomic mass is 10.1. The van der Waals surface area contributed by atoms with E-state index in [4.69, 9.17) is 14.5 Å². The second-order valence-electron chi connectivity index (χ2n) is 5.63. The van der Waals surface area contributed by atoms with Gasteiger partial charge in [-0.1, -0.05) is 17.8 Å². The Kier molecular flexibility index (Phi) is 4.03. The molecule has 25 heavy (non-hydrogen) atoms. The highest BCUT2D eigenvalue weighted by Gasteiger charge is 2.58. The van der Waals surface area contributed by atoms with E-state index in [9.17, 15) is 9.59 Å². The van der Waals surface area contributed by atoms with Gasteiger partial charge in [0.15, 0.2) is 0 Å². The third kappa shape index (κ3) is 3.04. The van der Waals surface area contributed by atoms with E-state index in [1.807, 2.05) is 18.2 Å². The van der Waals surface area contributed by atoms with Gasteiger partial charge in [-0.05, 0) is 37.1 Å². The summed E-state index contributed by atoms with van der Waals surface area (Å²) in [5.74, 6) is -1.49. The van der Waals surface area contributed by atoms with Crippen LogP contribution in [0.15, 0.2) is 45.9 Å². The van der Waals surface area contributed by atoms with Gasteiger partial charge < -0.3 is 14.8 Å². The highest BCUT2D eigenvalue weighted by atomic mass is 32.2. The molecule has 0 atom stereocenters. The van der Waals surface area contributed by atoms with Gasteiger partial charge in [-0.2, -0.15) is 0 Å². The van der Waals surface area contributed by atoms with Crippen LogP contribution in [0.5, 0.6) is 0 Å². The number of hydrogen-bond acceptors (Lipinski definition) is 7. The van der Waals surface area contributed by atoms with E-state index in [0.29, 0.717) is 11.1 Å². The fourth-order valence-electron chi connectivity index (χ4n) is 2.63. The van der Waals surface area contributed by atoms with Crippen molar-refractivity contribution in [1.29, 1.82) is 0 Å². The van der Waals surface area contributed by atoms with Crippen molar-refractivity contribution in [2.45, 2.75) is 23.7 Å². The first-order valence-corrected chi connectivity index (χ1v) is 8.56. The van der Waals surface area contributed by atoms with Gasteiger partial charge in [0.25, 0.3) is 5.91 Å². The molecule has 0 saturated carbocycles. The molecular weight excluding hydrogens is 346 g/mol. The summed E-state index contributed by atoms with van der Waals surface area (Å²) in [6, 6.07) is 5.18. The van der Waals surface area contributed by atoms with E-state index < -0.39 is 17.8 Å². The predicted octanol–water partition coefficient (Wildman–Crippen LogP) is 2.35. The normalized spacial score (nSPS) is 19.4. The van der Waals surface area contributed by atoms with Crippen LogP contribution in [-0.4, -0.2) is 25.5 Å². The summed E-state index contributed by atoms with van der Waals surface area (Å²) in [5.41, 5.74) is 1.01. The molecule has 1 aliphatic carbocycles. The Hall–Kier alpha value is -2.29. The highest BCUT2D eigenvalue weighted by molar-refractivity contribution is 8.03. The van der Waals surface area contributed by atoms with Crippen LogP contribution in [0.1, 0.15) is 28.8 Å². The minimum Gasteiger partial charge on any atom is -0.468 e. The first-order valence-electron chi connectivity index (χ1n) is 7.74. The van der Waals surface area contributed by atoms with Crippen molar-refractivity contribution in [1.82, 2.24) is 5.32 Å². The summed E-state index contributed by atoms with van der Waals surface area (Å²) in [5, 5.41) is 2.51. The maximum atomic E-state index is 12.2. The molecular formula is C17H15NO6S. The number of carbonyl (C=O) groups is 2. The van der Waals surface area contributed by atoms with Gasteiger partial charge in [-0.3, -0.25) is 9.59 Å². The van der Waals surface area contributed by atoms with Crippen LogP contribution in [0.25, 0.3) is 0 Å². The Labute approximate surface area is 147 Å². The first kappa shape index (κ1) is 16.2. The second-order valence-corrected chi connectivity index (χ2v) is 6.76. The van der Waals surface area contributed by atoms with Crippen molar-refractivity contribution in [3.63, 3.8) is 0 Å². The quantitative estimate of drug-likeness (QED) is 0.502. The van der Waals surface area contributed by atoms with E-state index in [2.05, 4.69) is 10.1 Å². The van der Waals surface area contributed by atoms with E-state index in [-0.39, 0.29) is 6.54 Å². The van der Waals surface area contributed by atoms with Gasteiger partial charge >= 0.3 is 11.9 Å². The lowest BCUT2D eigenvalue weighted by Gasteiger charge is -2.13. The van der Waals surface area contributed by atoms with E-state index in [1.54, 1.807) is 23.9 Å². The van der Waals surface area contributed by atoms with Crippen molar-refractivity contribution in [3.05, 3.63) is 52.1 Å². The fraction of sp³-hybridized carbons (Fsp3) is 0.294. The molecule has 0 unspecified atom stereocenters. The SMILES string of the molecule is COC(=O)CNC(=O)c1ccc2c(c1)C1(OO1)OC1=C(CCC=C1)S2. The Morgan fingerprint density at radius 1 is 1.36 bits per heavy atom. The summed E-state index contributed by atoms with van der Waals surface area (Å²) in [6.07, 6.45) is 5.78. The molecule has 1 aromatic carbocycles. The van der Waals surface area contributed by atoms with Crippen LogP contribution >= 0.6 is 11.8 Å². The molecule has 1 spiro atoms. The zero-order valence-corrected chi connectivity index (χ0v) is 14.2. The smallest absolute Gasteiger partial charge is 0.411 e. The van der Waals surface area contributed by atoms with E-state index in [1.165, 1.54) is 7.11 Å². The van der Waals surface area contributed by atoms with Crippen molar-refractivity contribution in [2.75, 3.05) is 13.7 Å². The molecule has 2 aliphatic heterocycles. The number of benzene rings is 1. The minimum atomic E-state index is -1.31. The van der Waals surface area contributed by atoms with E-state index >= 15 is 0 Å². The minimum absolute atomic E-state index is 0.198. The number of fused-ring (bicyclic) bond motifs is 2. The molecule has 1 N–H and O–H groups in total. The Morgan fingerprint density at radius 2 is 2.20 bits per heavy atom. The van der Waals surface area contributed by atoms with Gasteiger partial charge in [0, 0.05) is 15.4 Å². The van der Waals surface area contributed by atoms with Gasteiger partial charge in [-0.25, -0.2) is 0 Å². The number of methoxy groups -OCH3 is 1. The first-order chi connectivity index (χ1) is 12.1. The zero-order chi connectivity index (χ0) is 17.4. The van der Waals surface area contributed by atoms with Crippen LogP contribution in [-0.2, 0) is 30.0 Å². The van der Waals surface area contributed by atoms with Crippen molar-refractivity contribution >= 4 is 23.6 Å². The van der Waals surface area contributed by atoms with Gasteiger partial charge in [0.1, 0.15) is 12.3 Å². The zero-order valence-electron chi connectivity index (χ0n) is 13.4. The molecule has 8 heteroatoms. The Balaban J connectivity index is 1.62. The molecule has 0 radical (unpaired) electrons. The number of thioether (sulfide) groups is 1. The van der Waals surface area contributed by atoms with Crippen LogP contribution < -0.4 is 5.32 Å². The maximum absolute atomic E-state index is 12.2. The molecule has 1 amide bonds. The summed E-state index contributed by atoms with van der Waals surface area (Å²) < 4.78 is 10.4. The number of allylic oxidation sites excluding steroid dienone is 3. The summed E-state index contributed by atoms with van der Waals surface area (Å²) >= 11 is 1.58. The van der Waals surface area contributed by atoms with Crippen LogP contribution in [0.2, 0.25) is 0 Å². The summed E-state index contributed by atoms with van der Waals surface area (Å²) in [6.45, 7) is -0.198. The number of nitrogens with one attached hydrogen (secondary N) is 1. The monoisotopic (exact) mass is 361 g/mol. The van der Waals surface area contributed by atoms with Gasteiger partial charge in [0.2, 0.25) is 0 Å². The molecule has 3 aliphatic rings. The average molecular weight is 361 g/mol. The molecule has 1 aromatic rings. The number of esters is 1. The number of carbonyl (C=O) groups excluding carboxylic acids is 2. The number of rotatable bonds is 3. The van der Waals surface area contributed by atoms with Gasteiger partial charge in [0.05, 0.1) is 12.7 Å². The van der Waals surface area contributed by atoms with Crippen molar-refractivity contribution < 1.29 is 28.8 Å². The molecule has 0 bridgehead atoms. The Bertz CT molecular complexity index is 811. The lowest BCUT2D eigenvalue weighted by molar-refractivity contribution is -0.139. The predicted molar refractivity (Wildman–Crippen MR) is 87.0 cm³/mol. The topological polar surface area (TPSA) is 89.7 Å². The largest absolute Gasteiger partial charge is 0.468 e. The maximum Gasteiger partial charge on any atom is 0.411 e. The molecule has 4 rings (SSSR count). The van der Waals surface area contributed by atoms with E-state index in [0.717, 1.165) is 28.4 Å². The van der Waals surface area contributed by atoms with Crippen LogP contribution in [0.3, 0.4) is 0 Å². The third-order valence-corrected chi connectivity index (χ3v) is 5.21. The fourth-order valence-corrected chi connectivity index (χ4v) is 3.76. The third-order valence-electron chi connectivity index (χ3n) is 3.99. The standard InChI is InChI=1S/C17H15NO6S/c1-21-15(19)9-18-16(20)10-6-7-13-11(8-10)17(23-24-17)22-12-4-2-3-5-14(12)25-13/h2,4,6-8H,3,5,9H2,1H3,(H,18,20). The number of hydrogen-bond donors (Lipinski definition) is 1. The molecule has 1 saturated heterocycles. The molecule has 2 heterocycles. The molecule has 130 valence electrons. The average Bonchev–Trinajstić information content (AvgIpc) is 3.43. The molecule has 0 aromatic heterocycles. The summed E-state index contributed by atoms with van der Waals surface area (Å²) in [4.78, 5) is 35.7. The van der Waals surface area contributed by atoms with Crippen LogP contribution in [0.4, 0.5) is 0 Å². The molecule has 7 nitrogen and oxygen atoms in total. The Morgan fingerprint density at radius 3 is 2.96 bits per heavy atom. The van der Waals surface area contributed by atoms with Gasteiger partial charge in [-0.15, -0.1) is 9.78 Å². The van der Waals surface area contributed by atoms with Crippen molar-refractivity contribution in [2.24, 2.45) is 0 Å². The van der Waals surface area contributed by atoms with Crippen LogP contribution in [0, 0.1) is 0 Å². The second kappa shape index (κ2) is 6.21.